The summed E-state index contributed by atoms with van der Waals surface area (Å²) in [6.07, 6.45) is 7.26. The number of hydrogen-bond acceptors (Lipinski definition) is 5. The number of anilines is 1. The van der Waals surface area contributed by atoms with Gasteiger partial charge in [0.25, 0.3) is 0 Å². The van der Waals surface area contributed by atoms with Crippen molar-refractivity contribution in [3.63, 3.8) is 0 Å². The summed E-state index contributed by atoms with van der Waals surface area (Å²) in [6.45, 7) is 4.67. The predicted octanol–water partition coefficient (Wildman–Crippen LogP) is 3.03. The third kappa shape index (κ3) is 4.66. The van der Waals surface area contributed by atoms with Crippen LogP contribution >= 0.6 is 0 Å². The highest BCUT2D eigenvalue weighted by molar-refractivity contribution is 5.85. The molecule has 138 valence electrons. The number of nitrogens with two attached hydrogens (primary N) is 1. The van der Waals surface area contributed by atoms with Crippen molar-refractivity contribution in [3.8, 4) is 0 Å². The average Bonchev–Trinajstić information content (AvgIpc) is 3.19. The Kier molecular flexibility index (Phi) is 6.18. The smallest absolute Gasteiger partial charge is 0.153 e. The third-order valence-electron chi connectivity index (χ3n) is 4.92. The zero-order valence-electron chi connectivity index (χ0n) is 15.1. The lowest BCUT2D eigenvalue weighted by Crippen LogP contribution is -2.22. The summed E-state index contributed by atoms with van der Waals surface area (Å²) in [6, 6.07) is 0. The van der Waals surface area contributed by atoms with E-state index in [4.69, 9.17) is 5.73 Å². The van der Waals surface area contributed by atoms with Gasteiger partial charge in [0, 0.05) is 19.5 Å². The first kappa shape index (κ1) is 18.0. The van der Waals surface area contributed by atoms with E-state index >= 15 is 0 Å². The monoisotopic (exact) mass is 348 g/mol. The Morgan fingerprint density at radius 2 is 2.08 bits per heavy atom. The highest BCUT2D eigenvalue weighted by atomic mass is 19.1. The summed E-state index contributed by atoms with van der Waals surface area (Å²) in [4.78, 5) is 11.3. The summed E-state index contributed by atoms with van der Waals surface area (Å²) < 4.78 is 13.2. The molecule has 25 heavy (non-hydrogen) atoms. The van der Waals surface area contributed by atoms with Crippen LogP contribution in [0.4, 0.5) is 10.2 Å². The summed E-state index contributed by atoms with van der Waals surface area (Å²) in [5, 5.41) is 7.38. The molecular formula is C18H29FN6. The first-order valence-corrected chi connectivity index (χ1v) is 9.53. The summed E-state index contributed by atoms with van der Waals surface area (Å²) in [5.74, 6) is 1.30. The van der Waals surface area contributed by atoms with Crippen molar-refractivity contribution in [2.24, 2.45) is 0 Å². The molecule has 0 saturated carbocycles. The molecule has 3 rings (SSSR count). The van der Waals surface area contributed by atoms with Crippen molar-refractivity contribution in [1.29, 1.82) is 0 Å². The van der Waals surface area contributed by atoms with Gasteiger partial charge in [0.05, 0.1) is 5.69 Å². The molecule has 0 spiro atoms. The molecule has 0 radical (unpaired) electrons. The van der Waals surface area contributed by atoms with Crippen molar-refractivity contribution in [1.82, 2.24) is 25.1 Å². The SMILES string of the molecule is CCCCc1nc(N)c2[nH]nc(CCCCCN3CC[C@H](F)C3)c2n1. The van der Waals surface area contributed by atoms with Crippen molar-refractivity contribution < 1.29 is 4.39 Å². The molecule has 0 bridgehead atoms. The maximum absolute atomic E-state index is 13.2. The zero-order chi connectivity index (χ0) is 17.6. The quantitative estimate of drug-likeness (QED) is 0.681. The molecule has 3 heterocycles. The molecule has 0 aliphatic carbocycles. The second-order valence-electron chi connectivity index (χ2n) is 7.02. The van der Waals surface area contributed by atoms with Gasteiger partial charge >= 0.3 is 0 Å². The number of aryl methyl sites for hydroxylation is 2. The molecule has 1 atom stereocenters. The molecule has 3 N–H and O–H groups in total. The second kappa shape index (κ2) is 8.56. The molecule has 1 aliphatic rings. The topological polar surface area (TPSA) is 83.7 Å². The maximum atomic E-state index is 13.2. The van der Waals surface area contributed by atoms with E-state index in [0.29, 0.717) is 18.8 Å². The van der Waals surface area contributed by atoms with Crippen LogP contribution in [0.25, 0.3) is 11.0 Å². The average molecular weight is 348 g/mol. The van der Waals surface area contributed by atoms with Crippen molar-refractivity contribution in [2.45, 2.75) is 64.5 Å². The number of H-pyrrole nitrogens is 1. The number of hydrogen-bond donors (Lipinski definition) is 2. The Morgan fingerprint density at radius 1 is 1.20 bits per heavy atom. The lowest BCUT2D eigenvalue weighted by Gasteiger charge is -2.13. The van der Waals surface area contributed by atoms with Gasteiger partial charge < -0.3 is 10.6 Å². The van der Waals surface area contributed by atoms with Gasteiger partial charge in [-0.2, -0.15) is 5.10 Å². The van der Waals surface area contributed by atoms with Gasteiger partial charge in [0.15, 0.2) is 5.82 Å². The molecule has 2 aromatic heterocycles. The number of fused-ring (bicyclic) bond motifs is 1. The minimum absolute atomic E-state index is 0.490. The standard InChI is InChI=1S/C18H29FN6/c1-2-3-8-15-21-16-14(23-24-17(16)18(20)22-15)7-5-4-6-10-25-11-9-13(19)12-25/h13H,2-12H2,1H3,(H,23,24)(H2,20,21,22)/t13-/m0/s1. The molecule has 1 saturated heterocycles. The molecule has 0 amide bonds. The Hall–Kier alpha value is -1.76. The Bertz CT molecular complexity index is 686. The number of nitrogen functional groups attached to an aromatic ring is 1. The van der Waals surface area contributed by atoms with Crippen LogP contribution in [0.15, 0.2) is 0 Å². The number of unbranched alkanes of at least 4 members (excludes halogenated alkanes) is 3. The van der Waals surface area contributed by atoms with Crippen LogP contribution in [0.3, 0.4) is 0 Å². The minimum Gasteiger partial charge on any atom is -0.382 e. The molecule has 2 aromatic rings. The van der Waals surface area contributed by atoms with E-state index in [0.717, 1.165) is 80.6 Å². The molecule has 0 aromatic carbocycles. The predicted molar refractivity (Wildman–Crippen MR) is 98.2 cm³/mol. The van der Waals surface area contributed by atoms with Gasteiger partial charge in [0.1, 0.15) is 23.0 Å². The van der Waals surface area contributed by atoms with E-state index in [1.807, 2.05) is 0 Å². The largest absolute Gasteiger partial charge is 0.382 e. The second-order valence-corrected chi connectivity index (χ2v) is 7.02. The molecular weight excluding hydrogens is 319 g/mol. The number of nitrogens with zero attached hydrogens (tertiary/aromatic N) is 4. The van der Waals surface area contributed by atoms with Crippen LogP contribution < -0.4 is 5.73 Å². The Morgan fingerprint density at radius 3 is 2.84 bits per heavy atom. The fraction of sp³-hybridized carbons (Fsp3) is 0.722. The van der Waals surface area contributed by atoms with E-state index < -0.39 is 6.17 Å². The molecule has 1 fully saturated rings. The van der Waals surface area contributed by atoms with Crippen LogP contribution in [-0.4, -0.2) is 50.9 Å². The first-order chi connectivity index (χ1) is 12.2. The number of aromatic nitrogens is 4. The van der Waals surface area contributed by atoms with Gasteiger partial charge in [0.2, 0.25) is 0 Å². The maximum Gasteiger partial charge on any atom is 0.153 e. The molecule has 1 aliphatic heterocycles. The number of nitrogens with one attached hydrogen (secondary N) is 1. The number of halogens is 1. The molecule has 0 unspecified atom stereocenters. The number of alkyl halides is 1. The van der Waals surface area contributed by atoms with Gasteiger partial charge in [-0.3, -0.25) is 5.10 Å². The number of rotatable bonds is 9. The fourth-order valence-corrected chi connectivity index (χ4v) is 3.44. The Labute approximate surface area is 148 Å². The lowest BCUT2D eigenvalue weighted by molar-refractivity contribution is 0.283. The van der Waals surface area contributed by atoms with E-state index in [1.54, 1.807) is 0 Å². The fourth-order valence-electron chi connectivity index (χ4n) is 3.44. The van der Waals surface area contributed by atoms with Crippen molar-refractivity contribution in [3.05, 3.63) is 11.5 Å². The minimum atomic E-state index is -0.623. The van der Waals surface area contributed by atoms with Gasteiger partial charge in [-0.25, -0.2) is 14.4 Å². The summed E-state index contributed by atoms with van der Waals surface area (Å²) in [7, 11) is 0. The van der Waals surface area contributed by atoms with E-state index in [9.17, 15) is 4.39 Å². The highest BCUT2D eigenvalue weighted by Gasteiger charge is 2.20. The van der Waals surface area contributed by atoms with Crippen LogP contribution in [0.5, 0.6) is 0 Å². The van der Waals surface area contributed by atoms with Crippen LogP contribution in [0, 0.1) is 0 Å². The lowest BCUT2D eigenvalue weighted by atomic mass is 10.1. The van der Waals surface area contributed by atoms with Crippen LogP contribution in [0.2, 0.25) is 0 Å². The van der Waals surface area contributed by atoms with E-state index in [-0.39, 0.29) is 0 Å². The zero-order valence-corrected chi connectivity index (χ0v) is 15.1. The Balaban J connectivity index is 1.51. The first-order valence-electron chi connectivity index (χ1n) is 9.53. The number of likely N-dealkylation sites (tertiary alicyclic amines) is 1. The third-order valence-corrected chi connectivity index (χ3v) is 4.92. The van der Waals surface area contributed by atoms with Crippen LogP contribution in [0.1, 0.15) is 57.0 Å². The van der Waals surface area contributed by atoms with Gasteiger partial charge in [-0.05, 0) is 38.6 Å². The normalized spacial score (nSPS) is 18.4. The van der Waals surface area contributed by atoms with Crippen LogP contribution in [-0.2, 0) is 12.8 Å². The van der Waals surface area contributed by atoms with E-state index in [1.165, 1.54) is 0 Å². The summed E-state index contributed by atoms with van der Waals surface area (Å²) >= 11 is 0. The van der Waals surface area contributed by atoms with Crippen molar-refractivity contribution in [2.75, 3.05) is 25.4 Å². The molecule has 7 heteroatoms. The van der Waals surface area contributed by atoms with Gasteiger partial charge in [-0.1, -0.05) is 19.8 Å². The van der Waals surface area contributed by atoms with Gasteiger partial charge in [-0.15, -0.1) is 0 Å². The molecule has 6 nitrogen and oxygen atoms in total. The summed E-state index contributed by atoms with van der Waals surface area (Å²) in [5.41, 5.74) is 8.64. The van der Waals surface area contributed by atoms with Crippen molar-refractivity contribution >= 4 is 16.9 Å². The highest BCUT2D eigenvalue weighted by Crippen LogP contribution is 2.21. The number of aromatic amines is 1. The van der Waals surface area contributed by atoms with E-state index in [2.05, 4.69) is 32.0 Å².